The van der Waals surface area contributed by atoms with Gasteiger partial charge in [-0.1, -0.05) is 67.8 Å². The largest absolute Gasteiger partial charge is 0.497 e. The van der Waals surface area contributed by atoms with E-state index in [-0.39, 0.29) is 17.6 Å². The number of aliphatic imine (C=N–C) groups is 1. The first-order chi connectivity index (χ1) is 21.3. The Morgan fingerprint density at radius 1 is 0.977 bits per heavy atom. The van der Waals surface area contributed by atoms with Crippen molar-refractivity contribution in [3.8, 4) is 17.0 Å². The number of nitrogens with two attached hydrogens (primary N) is 1. The number of halogens is 3. The molecule has 1 saturated carbocycles. The molecule has 10 heteroatoms. The van der Waals surface area contributed by atoms with E-state index in [1.54, 1.807) is 7.11 Å². The minimum Gasteiger partial charge on any atom is -0.497 e. The molecule has 226 valence electrons. The Labute approximate surface area is 253 Å². The number of nitrogens with zero attached hydrogens (tertiary/aromatic N) is 4. The van der Waals surface area contributed by atoms with Gasteiger partial charge in [-0.05, 0) is 54.8 Å². The second-order valence-corrected chi connectivity index (χ2v) is 11.0. The van der Waals surface area contributed by atoms with Crippen LogP contribution in [0.3, 0.4) is 0 Å². The van der Waals surface area contributed by atoms with E-state index in [1.807, 2.05) is 65.3 Å². The Morgan fingerprint density at radius 2 is 1.73 bits per heavy atom. The molecule has 1 aliphatic rings. The highest BCUT2D eigenvalue weighted by molar-refractivity contribution is 6.05. The summed E-state index contributed by atoms with van der Waals surface area (Å²) in [5.74, 6) is 1.40. The molecule has 7 nitrogen and oxygen atoms in total. The third-order valence-electron chi connectivity index (χ3n) is 7.90. The first-order valence-corrected chi connectivity index (χ1v) is 14.7. The molecule has 0 atom stereocenters. The summed E-state index contributed by atoms with van der Waals surface area (Å²) in [4.78, 5) is 9.29. The smallest absolute Gasteiger partial charge is 0.416 e. The highest BCUT2D eigenvalue weighted by Crippen LogP contribution is 2.35. The lowest BCUT2D eigenvalue weighted by Gasteiger charge is -2.24. The molecule has 1 fully saturated rings. The van der Waals surface area contributed by atoms with Gasteiger partial charge in [0.2, 0.25) is 0 Å². The van der Waals surface area contributed by atoms with Crippen molar-refractivity contribution < 1.29 is 17.9 Å². The van der Waals surface area contributed by atoms with Gasteiger partial charge < -0.3 is 15.8 Å². The minimum absolute atomic E-state index is 0.0137. The maximum atomic E-state index is 13.4. The van der Waals surface area contributed by atoms with Gasteiger partial charge in [-0.2, -0.15) is 18.3 Å². The number of ether oxygens (including phenoxy) is 1. The standard InChI is InChI=1S/C34H33F3N6O/c1-44-27-17-15-22(16-18-27)21-43-31-28(30(42-43)23-9-4-2-5-10-23)20-29(41-33(31)40-25-12-6-3-7-13-25)32(38)39-26-14-8-11-24(19-26)34(35,36)37/h2,4-5,8-11,14-20,25H,3,6-7,12-13,21H2,1H3,(H2,38,39)(H,40,41). The quantitative estimate of drug-likeness (QED) is 0.140. The van der Waals surface area contributed by atoms with Crippen LogP contribution in [-0.4, -0.2) is 33.8 Å². The number of nitrogens with one attached hydrogen (secondary N) is 1. The number of aromatic nitrogens is 3. The zero-order chi connectivity index (χ0) is 30.7. The Hall–Kier alpha value is -4.86. The van der Waals surface area contributed by atoms with Crippen LogP contribution in [-0.2, 0) is 12.7 Å². The van der Waals surface area contributed by atoms with E-state index in [1.165, 1.54) is 18.6 Å². The van der Waals surface area contributed by atoms with Crippen molar-refractivity contribution in [3.05, 3.63) is 102 Å². The van der Waals surface area contributed by atoms with Crippen LogP contribution in [0.15, 0.2) is 89.9 Å². The first kappa shape index (κ1) is 29.2. The predicted molar refractivity (Wildman–Crippen MR) is 167 cm³/mol. The van der Waals surface area contributed by atoms with Gasteiger partial charge in [0.1, 0.15) is 28.5 Å². The fourth-order valence-corrected chi connectivity index (χ4v) is 5.65. The lowest BCUT2D eigenvalue weighted by molar-refractivity contribution is -0.137. The van der Waals surface area contributed by atoms with Crippen molar-refractivity contribution in [2.45, 2.75) is 50.9 Å². The molecule has 0 aliphatic heterocycles. The van der Waals surface area contributed by atoms with Gasteiger partial charge in [0.25, 0.3) is 0 Å². The monoisotopic (exact) mass is 598 g/mol. The Morgan fingerprint density at radius 3 is 2.43 bits per heavy atom. The van der Waals surface area contributed by atoms with Gasteiger partial charge in [0, 0.05) is 17.0 Å². The maximum Gasteiger partial charge on any atom is 0.416 e. The topological polar surface area (TPSA) is 90.4 Å². The van der Waals surface area contributed by atoms with Crippen molar-refractivity contribution >= 4 is 28.2 Å². The van der Waals surface area contributed by atoms with Crippen molar-refractivity contribution in [1.82, 2.24) is 14.8 Å². The second-order valence-electron chi connectivity index (χ2n) is 11.0. The Bertz CT molecular complexity index is 1780. The molecule has 5 aromatic rings. The van der Waals surface area contributed by atoms with E-state index in [0.717, 1.165) is 71.3 Å². The summed E-state index contributed by atoms with van der Waals surface area (Å²) in [5, 5.41) is 9.56. The maximum absolute atomic E-state index is 13.4. The molecule has 6 rings (SSSR count). The number of anilines is 1. The molecule has 3 aromatic carbocycles. The second kappa shape index (κ2) is 12.4. The van der Waals surface area contributed by atoms with E-state index >= 15 is 0 Å². The summed E-state index contributed by atoms with van der Waals surface area (Å²) in [6.07, 6.45) is 0.988. The number of rotatable bonds is 8. The number of hydrogen-bond acceptors (Lipinski definition) is 5. The lowest BCUT2D eigenvalue weighted by Crippen LogP contribution is -2.24. The van der Waals surface area contributed by atoms with E-state index in [2.05, 4.69) is 10.3 Å². The van der Waals surface area contributed by atoms with Crippen LogP contribution in [0.25, 0.3) is 22.2 Å². The Balaban J connectivity index is 1.51. The summed E-state index contributed by atoms with van der Waals surface area (Å²) in [7, 11) is 1.64. The number of pyridine rings is 1. The minimum atomic E-state index is -4.49. The van der Waals surface area contributed by atoms with Crippen LogP contribution < -0.4 is 15.8 Å². The molecule has 44 heavy (non-hydrogen) atoms. The van der Waals surface area contributed by atoms with Crippen molar-refractivity contribution in [2.24, 2.45) is 10.7 Å². The van der Waals surface area contributed by atoms with Crippen LogP contribution in [0.4, 0.5) is 24.7 Å². The molecular formula is C34H33F3N6O. The van der Waals surface area contributed by atoms with Crippen LogP contribution in [0.5, 0.6) is 5.75 Å². The number of amidine groups is 1. The first-order valence-electron chi connectivity index (χ1n) is 14.7. The number of fused-ring (bicyclic) bond motifs is 1. The summed E-state index contributed by atoms with van der Waals surface area (Å²) in [5.41, 5.74) is 9.65. The molecule has 2 aromatic heterocycles. The SMILES string of the molecule is COc1ccc(Cn2nc(-c3ccccc3)c3cc(C(N)=Nc4cccc(C(F)(F)F)c4)nc(NC4CCCCC4)c32)cc1. The normalized spacial score (nSPS) is 14.6. The highest BCUT2D eigenvalue weighted by atomic mass is 19.4. The predicted octanol–water partition coefficient (Wildman–Crippen LogP) is 7.96. The van der Waals surface area contributed by atoms with Gasteiger partial charge in [0.05, 0.1) is 24.9 Å². The van der Waals surface area contributed by atoms with Crippen molar-refractivity contribution in [1.29, 1.82) is 0 Å². The molecule has 0 radical (unpaired) electrons. The molecule has 3 N–H and O–H groups in total. The molecule has 0 unspecified atom stereocenters. The van der Waals surface area contributed by atoms with Gasteiger partial charge >= 0.3 is 6.18 Å². The van der Waals surface area contributed by atoms with Crippen LogP contribution in [0.2, 0.25) is 0 Å². The van der Waals surface area contributed by atoms with Crippen LogP contribution in [0.1, 0.15) is 48.9 Å². The van der Waals surface area contributed by atoms with E-state index in [9.17, 15) is 13.2 Å². The number of hydrogen-bond donors (Lipinski definition) is 2. The van der Waals surface area contributed by atoms with Crippen molar-refractivity contribution in [3.63, 3.8) is 0 Å². The summed E-state index contributed by atoms with van der Waals surface area (Å²) >= 11 is 0. The summed E-state index contributed by atoms with van der Waals surface area (Å²) < 4.78 is 47.4. The van der Waals surface area contributed by atoms with Crippen LogP contribution in [0, 0.1) is 0 Å². The Kier molecular flexibility index (Phi) is 8.23. The van der Waals surface area contributed by atoms with E-state index < -0.39 is 11.7 Å². The molecular weight excluding hydrogens is 565 g/mol. The molecule has 0 saturated heterocycles. The van der Waals surface area contributed by atoms with Gasteiger partial charge in [-0.15, -0.1) is 0 Å². The summed E-state index contributed by atoms with van der Waals surface area (Å²) in [6, 6.07) is 24.5. The fourth-order valence-electron chi connectivity index (χ4n) is 5.65. The lowest BCUT2D eigenvalue weighted by atomic mass is 9.95. The fraction of sp³-hybridized carbons (Fsp3) is 0.265. The molecule has 0 bridgehead atoms. The summed E-state index contributed by atoms with van der Waals surface area (Å²) in [6.45, 7) is 0.488. The third kappa shape index (κ3) is 6.39. The van der Waals surface area contributed by atoms with E-state index in [4.69, 9.17) is 20.6 Å². The highest BCUT2D eigenvalue weighted by Gasteiger charge is 2.30. The van der Waals surface area contributed by atoms with Gasteiger partial charge in [-0.3, -0.25) is 4.68 Å². The number of alkyl halides is 3. The average Bonchev–Trinajstić information content (AvgIpc) is 3.40. The number of methoxy groups -OCH3 is 1. The number of benzene rings is 3. The molecule has 2 heterocycles. The molecule has 0 spiro atoms. The molecule has 0 amide bonds. The zero-order valence-corrected chi connectivity index (χ0v) is 24.3. The van der Waals surface area contributed by atoms with Gasteiger partial charge in [-0.25, -0.2) is 9.98 Å². The van der Waals surface area contributed by atoms with Gasteiger partial charge in [0.15, 0.2) is 5.82 Å². The van der Waals surface area contributed by atoms with Crippen LogP contribution >= 0.6 is 0 Å². The third-order valence-corrected chi connectivity index (χ3v) is 7.90. The van der Waals surface area contributed by atoms with Crippen molar-refractivity contribution in [2.75, 3.05) is 12.4 Å². The molecule has 1 aliphatic carbocycles. The average molecular weight is 599 g/mol. The van der Waals surface area contributed by atoms with E-state index in [0.29, 0.717) is 18.1 Å². The zero-order valence-electron chi connectivity index (χ0n) is 24.3.